The van der Waals surface area contributed by atoms with Crippen molar-refractivity contribution < 1.29 is 9.59 Å². The Hall–Kier alpha value is -1.10. The van der Waals surface area contributed by atoms with Crippen LogP contribution in [0.5, 0.6) is 0 Å². The van der Waals surface area contributed by atoms with Crippen LogP contribution >= 0.6 is 0 Å². The first kappa shape index (κ1) is 15.8. The predicted octanol–water partition coefficient (Wildman–Crippen LogP) is 1.22. The Morgan fingerprint density at radius 2 is 1.59 bits per heavy atom. The maximum absolute atomic E-state index is 12.5. The molecule has 2 aliphatic heterocycles. The summed E-state index contributed by atoms with van der Waals surface area (Å²) in [6.45, 7) is 4.07. The van der Waals surface area contributed by atoms with E-state index in [1.165, 1.54) is 32.1 Å². The minimum Gasteiger partial charge on any atom is -0.369 e. The maximum Gasteiger partial charge on any atom is 0.236 e. The third-order valence-corrected chi connectivity index (χ3v) is 5.99. The molecule has 2 amide bonds. The molecule has 2 N–H and O–H groups in total. The molecule has 1 saturated carbocycles. The summed E-state index contributed by atoms with van der Waals surface area (Å²) in [6, 6.07) is 0. The van der Waals surface area contributed by atoms with Crippen molar-refractivity contribution in [3.8, 4) is 0 Å². The lowest BCUT2D eigenvalue weighted by atomic mass is 9.75. The molecule has 3 aliphatic rings. The number of amides is 2. The number of nitrogens with zero attached hydrogens (tertiary/aromatic N) is 2. The SMILES string of the molecule is NC(=O)C1CCN(CC(=O)N2CC[C@@H]3CCCC[C@@H]3C2)CC1. The number of piperidine rings is 2. The van der Waals surface area contributed by atoms with Crippen LogP contribution in [0.3, 0.4) is 0 Å². The summed E-state index contributed by atoms with van der Waals surface area (Å²) in [4.78, 5) is 28.0. The Morgan fingerprint density at radius 3 is 2.27 bits per heavy atom. The lowest BCUT2D eigenvalue weighted by molar-refractivity contribution is -0.136. The molecule has 1 aliphatic carbocycles. The van der Waals surface area contributed by atoms with Gasteiger partial charge in [0.25, 0.3) is 0 Å². The van der Waals surface area contributed by atoms with Crippen LogP contribution in [0.25, 0.3) is 0 Å². The van der Waals surface area contributed by atoms with Crippen molar-refractivity contribution in [2.75, 3.05) is 32.7 Å². The largest absolute Gasteiger partial charge is 0.369 e. The molecule has 2 saturated heterocycles. The second-order valence-corrected chi connectivity index (χ2v) is 7.39. The van der Waals surface area contributed by atoms with Gasteiger partial charge in [-0.25, -0.2) is 0 Å². The second-order valence-electron chi connectivity index (χ2n) is 7.39. The lowest BCUT2D eigenvalue weighted by Crippen LogP contribution is -2.49. The third-order valence-electron chi connectivity index (χ3n) is 5.99. The highest BCUT2D eigenvalue weighted by atomic mass is 16.2. The monoisotopic (exact) mass is 307 g/mol. The van der Waals surface area contributed by atoms with Gasteiger partial charge in [0, 0.05) is 19.0 Å². The highest BCUT2D eigenvalue weighted by Gasteiger charge is 2.33. The fourth-order valence-corrected chi connectivity index (χ4v) is 4.49. The first-order valence-electron chi connectivity index (χ1n) is 8.93. The first-order chi connectivity index (χ1) is 10.6. The van der Waals surface area contributed by atoms with Crippen molar-refractivity contribution in [3.05, 3.63) is 0 Å². The van der Waals surface area contributed by atoms with Gasteiger partial charge in [-0.2, -0.15) is 0 Å². The number of rotatable bonds is 3. The van der Waals surface area contributed by atoms with E-state index in [0.717, 1.165) is 50.9 Å². The van der Waals surface area contributed by atoms with Gasteiger partial charge in [-0.3, -0.25) is 14.5 Å². The number of hydrogen-bond acceptors (Lipinski definition) is 3. The number of fused-ring (bicyclic) bond motifs is 1. The van der Waals surface area contributed by atoms with Crippen LogP contribution in [-0.4, -0.2) is 54.3 Å². The summed E-state index contributed by atoms with van der Waals surface area (Å²) in [6.07, 6.45) is 8.18. The van der Waals surface area contributed by atoms with Gasteiger partial charge in [0.05, 0.1) is 6.54 Å². The summed E-state index contributed by atoms with van der Waals surface area (Å²) in [5.74, 6) is 1.70. The number of hydrogen-bond donors (Lipinski definition) is 1. The average Bonchev–Trinajstić information content (AvgIpc) is 2.55. The zero-order chi connectivity index (χ0) is 15.5. The van der Waals surface area contributed by atoms with Crippen molar-refractivity contribution in [2.24, 2.45) is 23.5 Å². The number of carbonyl (C=O) groups is 2. The molecule has 22 heavy (non-hydrogen) atoms. The third kappa shape index (κ3) is 3.62. The van der Waals surface area contributed by atoms with E-state index in [1.807, 2.05) is 0 Å². The minimum atomic E-state index is -0.189. The van der Waals surface area contributed by atoms with Crippen LogP contribution in [0.1, 0.15) is 44.9 Å². The molecule has 0 aromatic carbocycles. The molecule has 0 aromatic rings. The Labute approximate surface area is 133 Å². The smallest absolute Gasteiger partial charge is 0.236 e. The number of carbonyl (C=O) groups excluding carboxylic acids is 2. The van der Waals surface area contributed by atoms with Gasteiger partial charge in [0.15, 0.2) is 0 Å². The van der Waals surface area contributed by atoms with E-state index >= 15 is 0 Å². The highest BCUT2D eigenvalue weighted by molar-refractivity contribution is 5.79. The molecule has 0 aromatic heterocycles. The minimum absolute atomic E-state index is 0.00401. The number of nitrogens with two attached hydrogens (primary N) is 1. The second kappa shape index (κ2) is 6.99. The molecule has 0 bridgehead atoms. The van der Waals surface area contributed by atoms with Crippen LogP contribution < -0.4 is 5.73 Å². The van der Waals surface area contributed by atoms with Gasteiger partial charge in [0.1, 0.15) is 0 Å². The molecule has 2 atom stereocenters. The fourth-order valence-electron chi connectivity index (χ4n) is 4.49. The lowest BCUT2D eigenvalue weighted by Gasteiger charge is -2.42. The zero-order valence-electron chi connectivity index (χ0n) is 13.5. The molecule has 5 nitrogen and oxygen atoms in total. The summed E-state index contributed by atoms with van der Waals surface area (Å²) >= 11 is 0. The van der Waals surface area contributed by atoms with Crippen LogP contribution in [0, 0.1) is 17.8 Å². The van der Waals surface area contributed by atoms with Crippen molar-refractivity contribution >= 4 is 11.8 Å². The first-order valence-corrected chi connectivity index (χ1v) is 8.93. The zero-order valence-corrected chi connectivity index (χ0v) is 13.5. The Morgan fingerprint density at radius 1 is 0.909 bits per heavy atom. The topological polar surface area (TPSA) is 66.6 Å². The molecular weight excluding hydrogens is 278 g/mol. The normalized spacial score (nSPS) is 30.8. The molecule has 3 fully saturated rings. The number of primary amides is 1. The van der Waals surface area contributed by atoms with E-state index in [4.69, 9.17) is 5.73 Å². The van der Waals surface area contributed by atoms with Crippen molar-refractivity contribution in [2.45, 2.75) is 44.9 Å². The maximum atomic E-state index is 12.5. The van der Waals surface area contributed by atoms with E-state index in [-0.39, 0.29) is 17.7 Å². The van der Waals surface area contributed by atoms with Crippen LogP contribution in [0.15, 0.2) is 0 Å². The molecule has 124 valence electrons. The summed E-state index contributed by atoms with van der Waals surface area (Å²) in [5, 5.41) is 0. The van der Waals surface area contributed by atoms with E-state index in [2.05, 4.69) is 9.80 Å². The van der Waals surface area contributed by atoms with Gasteiger partial charge in [-0.15, -0.1) is 0 Å². The van der Waals surface area contributed by atoms with Crippen LogP contribution in [0.2, 0.25) is 0 Å². The van der Waals surface area contributed by atoms with E-state index in [1.54, 1.807) is 0 Å². The summed E-state index contributed by atoms with van der Waals surface area (Å²) in [7, 11) is 0. The quantitative estimate of drug-likeness (QED) is 0.852. The van der Waals surface area contributed by atoms with Gasteiger partial charge in [0.2, 0.25) is 11.8 Å². The highest BCUT2D eigenvalue weighted by Crippen LogP contribution is 2.36. The van der Waals surface area contributed by atoms with Gasteiger partial charge in [-0.05, 0) is 50.6 Å². The van der Waals surface area contributed by atoms with Crippen molar-refractivity contribution in [1.29, 1.82) is 0 Å². The van der Waals surface area contributed by atoms with Gasteiger partial charge < -0.3 is 10.6 Å². The Kier molecular flexibility index (Phi) is 5.01. The Bertz CT molecular complexity index is 418. The standard InChI is InChI=1S/C17H29N3O2/c18-17(22)14-5-8-19(9-6-14)12-16(21)20-10-7-13-3-1-2-4-15(13)11-20/h13-15H,1-12H2,(H2,18,22)/t13-,15+/m0/s1. The van der Waals surface area contributed by atoms with Gasteiger partial charge in [-0.1, -0.05) is 19.3 Å². The molecule has 0 unspecified atom stereocenters. The Balaban J connectivity index is 1.45. The average molecular weight is 307 g/mol. The van der Waals surface area contributed by atoms with Gasteiger partial charge >= 0.3 is 0 Å². The van der Waals surface area contributed by atoms with Crippen LogP contribution in [-0.2, 0) is 9.59 Å². The summed E-state index contributed by atoms with van der Waals surface area (Å²) < 4.78 is 0. The van der Waals surface area contributed by atoms with Crippen molar-refractivity contribution in [3.63, 3.8) is 0 Å². The van der Waals surface area contributed by atoms with E-state index < -0.39 is 0 Å². The molecule has 5 heteroatoms. The fraction of sp³-hybridized carbons (Fsp3) is 0.882. The molecule has 0 radical (unpaired) electrons. The molecular formula is C17H29N3O2. The molecule has 2 heterocycles. The summed E-state index contributed by atoms with van der Waals surface area (Å²) in [5.41, 5.74) is 5.36. The van der Waals surface area contributed by atoms with Crippen LogP contribution in [0.4, 0.5) is 0 Å². The molecule has 0 spiro atoms. The molecule has 3 rings (SSSR count). The van der Waals surface area contributed by atoms with Crippen molar-refractivity contribution in [1.82, 2.24) is 9.80 Å². The van der Waals surface area contributed by atoms with E-state index in [0.29, 0.717) is 6.54 Å². The number of likely N-dealkylation sites (tertiary alicyclic amines) is 2. The van der Waals surface area contributed by atoms with E-state index in [9.17, 15) is 9.59 Å². The predicted molar refractivity (Wildman–Crippen MR) is 85.0 cm³/mol.